The quantitative estimate of drug-likeness (QED) is 0.743. The minimum Gasteiger partial charge on any atom is -0.375 e. The van der Waals surface area contributed by atoms with Crippen LogP contribution in [0, 0.1) is 6.07 Å². The molecular formula is C13H7F3N3S. The van der Waals surface area contributed by atoms with Gasteiger partial charge in [-0.3, -0.25) is 4.98 Å². The third-order valence-corrected chi connectivity index (χ3v) is 3.54. The Morgan fingerprint density at radius 1 is 1.20 bits per heavy atom. The summed E-state index contributed by atoms with van der Waals surface area (Å²) in [7, 11) is 0. The van der Waals surface area contributed by atoms with Gasteiger partial charge in [0.15, 0.2) is 10.8 Å². The van der Waals surface area contributed by atoms with Crippen LogP contribution in [-0.2, 0) is 6.18 Å². The van der Waals surface area contributed by atoms with E-state index in [-0.39, 0.29) is 5.56 Å². The van der Waals surface area contributed by atoms with Crippen molar-refractivity contribution in [3.63, 3.8) is 0 Å². The normalized spacial score (nSPS) is 11.9. The molecular weight excluding hydrogens is 287 g/mol. The largest absolute Gasteiger partial charge is 0.433 e. The van der Waals surface area contributed by atoms with Crippen LogP contribution in [0.3, 0.4) is 0 Å². The van der Waals surface area contributed by atoms with Crippen molar-refractivity contribution in [2.45, 2.75) is 6.18 Å². The minimum atomic E-state index is -4.51. The molecule has 3 nitrogen and oxygen atoms in total. The molecule has 0 unspecified atom stereocenters. The molecule has 0 atom stereocenters. The molecule has 0 aliphatic rings. The summed E-state index contributed by atoms with van der Waals surface area (Å²) in [5.41, 5.74) is 5.38. The van der Waals surface area contributed by atoms with Crippen LogP contribution in [0.25, 0.3) is 21.3 Å². The summed E-state index contributed by atoms with van der Waals surface area (Å²) in [5, 5.41) is 0.357. The molecule has 0 aliphatic heterocycles. The van der Waals surface area contributed by atoms with Crippen LogP contribution in [0.5, 0.6) is 0 Å². The van der Waals surface area contributed by atoms with E-state index in [0.29, 0.717) is 16.2 Å². The van der Waals surface area contributed by atoms with Gasteiger partial charge in [-0.1, -0.05) is 23.5 Å². The number of rotatable bonds is 1. The lowest BCUT2D eigenvalue weighted by molar-refractivity contribution is -0.140. The van der Waals surface area contributed by atoms with E-state index < -0.39 is 11.9 Å². The smallest absolute Gasteiger partial charge is 0.375 e. The molecule has 2 heterocycles. The lowest BCUT2D eigenvalue weighted by Crippen LogP contribution is -2.09. The average Bonchev–Trinajstić information content (AvgIpc) is 2.76. The number of thiazole rings is 1. The molecule has 3 aromatic rings. The lowest BCUT2D eigenvalue weighted by Gasteiger charge is -2.11. The van der Waals surface area contributed by atoms with Crippen molar-refractivity contribution >= 4 is 26.7 Å². The second-order valence-electron chi connectivity index (χ2n) is 4.03. The van der Waals surface area contributed by atoms with Crippen molar-refractivity contribution in [2.24, 2.45) is 0 Å². The fourth-order valence-electron chi connectivity index (χ4n) is 1.89. The zero-order valence-electron chi connectivity index (χ0n) is 9.90. The molecule has 101 valence electrons. The first-order chi connectivity index (χ1) is 9.45. The first kappa shape index (κ1) is 12.9. The number of hydrogen-bond acceptors (Lipinski definition) is 4. The highest BCUT2D eigenvalue weighted by molar-refractivity contribution is 7.22. The molecule has 2 N–H and O–H groups in total. The molecule has 1 radical (unpaired) electrons. The van der Waals surface area contributed by atoms with Gasteiger partial charge in [0.05, 0.1) is 10.2 Å². The van der Waals surface area contributed by atoms with Gasteiger partial charge in [0.1, 0.15) is 0 Å². The van der Waals surface area contributed by atoms with Crippen molar-refractivity contribution in [1.82, 2.24) is 9.97 Å². The van der Waals surface area contributed by atoms with E-state index in [1.165, 1.54) is 23.5 Å². The van der Waals surface area contributed by atoms with E-state index in [2.05, 4.69) is 16.0 Å². The van der Waals surface area contributed by atoms with Crippen molar-refractivity contribution in [3.05, 3.63) is 42.2 Å². The Hall–Kier alpha value is -2.15. The molecule has 3 rings (SSSR count). The van der Waals surface area contributed by atoms with Crippen molar-refractivity contribution in [1.29, 1.82) is 0 Å². The Balaban J connectivity index is 2.20. The molecule has 2 aromatic heterocycles. The van der Waals surface area contributed by atoms with Crippen LogP contribution in [0.4, 0.5) is 18.3 Å². The number of nitrogens with zero attached hydrogens (tertiary/aromatic N) is 2. The molecule has 1 aromatic carbocycles. The standard InChI is InChI=1S/C13H7F3N3S/c14-13(15,16)11-8(2-1-5-18-11)7-3-4-10-9(6-7)19-12(17)20-10/h1-5H,(H2,17,19). The van der Waals surface area contributed by atoms with E-state index in [1.54, 1.807) is 12.1 Å². The van der Waals surface area contributed by atoms with E-state index in [4.69, 9.17) is 5.73 Å². The number of anilines is 1. The fraction of sp³-hybridized carbons (Fsp3) is 0.0769. The molecule has 0 spiro atoms. The van der Waals surface area contributed by atoms with E-state index in [9.17, 15) is 13.2 Å². The van der Waals surface area contributed by atoms with Crippen molar-refractivity contribution in [2.75, 3.05) is 5.73 Å². The number of fused-ring (bicyclic) bond motifs is 1. The number of nitrogen functional groups attached to an aromatic ring is 1. The number of aromatic nitrogens is 2. The van der Waals surface area contributed by atoms with Crippen LogP contribution in [0.1, 0.15) is 5.69 Å². The van der Waals surface area contributed by atoms with Crippen molar-refractivity contribution < 1.29 is 13.2 Å². The third-order valence-electron chi connectivity index (χ3n) is 2.69. The van der Waals surface area contributed by atoms with Gasteiger partial charge in [0, 0.05) is 17.8 Å². The van der Waals surface area contributed by atoms with Crippen LogP contribution < -0.4 is 5.73 Å². The number of pyridine rings is 1. The monoisotopic (exact) mass is 294 g/mol. The number of hydrogen-bond donors (Lipinski definition) is 1. The summed E-state index contributed by atoms with van der Waals surface area (Å²) >= 11 is 1.26. The van der Waals surface area contributed by atoms with Crippen LogP contribution in [0.2, 0.25) is 0 Å². The number of alkyl halides is 3. The van der Waals surface area contributed by atoms with Crippen LogP contribution in [0.15, 0.2) is 30.5 Å². The zero-order chi connectivity index (χ0) is 14.3. The highest BCUT2D eigenvalue weighted by Gasteiger charge is 2.35. The van der Waals surface area contributed by atoms with Gasteiger partial charge in [-0.25, -0.2) is 4.98 Å². The van der Waals surface area contributed by atoms with Gasteiger partial charge in [0.2, 0.25) is 0 Å². The van der Waals surface area contributed by atoms with Crippen LogP contribution in [-0.4, -0.2) is 9.97 Å². The summed E-state index contributed by atoms with van der Waals surface area (Å²) in [6.45, 7) is 0. The summed E-state index contributed by atoms with van der Waals surface area (Å²) in [6.07, 6.45) is -3.40. The highest BCUT2D eigenvalue weighted by Crippen LogP contribution is 2.36. The second-order valence-corrected chi connectivity index (χ2v) is 5.10. The molecule has 20 heavy (non-hydrogen) atoms. The minimum absolute atomic E-state index is 0.0199. The Morgan fingerprint density at radius 2 is 2.00 bits per heavy atom. The molecule has 0 fully saturated rings. The first-order valence-corrected chi connectivity index (χ1v) is 6.38. The molecule has 0 aliphatic carbocycles. The van der Waals surface area contributed by atoms with E-state index in [1.807, 2.05) is 0 Å². The Bertz CT molecular complexity index is 780. The topological polar surface area (TPSA) is 51.8 Å². The number of halogens is 3. The van der Waals surface area contributed by atoms with E-state index >= 15 is 0 Å². The van der Waals surface area contributed by atoms with Gasteiger partial charge >= 0.3 is 6.18 Å². The predicted molar refractivity (Wildman–Crippen MR) is 71.1 cm³/mol. The molecule has 7 heteroatoms. The third kappa shape index (κ3) is 2.20. The van der Waals surface area contributed by atoms with Crippen molar-refractivity contribution in [3.8, 4) is 11.1 Å². The first-order valence-electron chi connectivity index (χ1n) is 5.56. The average molecular weight is 294 g/mol. The Morgan fingerprint density at radius 3 is 2.75 bits per heavy atom. The summed E-state index contributed by atoms with van der Waals surface area (Å²) in [5.74, 6) is 0. The maximum absolute atomic E-state index is 12.9. The maximum Gasteiger partial charge on any atom is 0.433 e. The van der Waals surface area contributed by atoms with Crippen LogP contribution >= 0.6 is 11.3 Å². The van der Waals surface area contributed by atoms with E-state index in [0.717, 1.165) is 10.9 Å². The number of nitrogens with two attached hydrogens (primary N) is 1. The summed E-state index contributed by atoms with van der Waals surface area (Å²) in [4.78, 5) is 7.45. The maximum atomic E-state index is 12.9. The second kappa shape index (κ2) is 4.45. The summed E-state index contributed by atoms with van der Waals surface area (Å²) in [6, 6.07) is 8.92. The van der Waals surface area contributed by atoms with Gasteiger partial charge in [-0.05, 0) is 17.7 Å². The van der Waals surface area contributed by atoms with Gasteiger partial charge in [0.25, 0.3) is 0 Å². The molecule has 0 saturated carbocycles. The molecule has 0 bridgehead atoms. The Kier molecular flexibility index (Phi) is 2.86. The SMILES string of the molecule is Nc1nc2[c]c(-c3cccnc3C(F)(F)F)ccc2s1. The fourth-order valence-corrected chi connectivity index (χ4v) is 2.58. The van der Waals surface area contributed by atoms with Gasteiger partial charge < -0.3 is 5.73 Å². The molecule has 0 amide bonds. The Labute approximate surface area is 115 Å². The summed E-state index contributed by atoms with van der Waals surface area (Å²) < 4.78 is 39.6. The zero-order valence-corrected chi connectivity index (χ0v) is 10.7. The lowest BCUT2D eigenvalue weighted by atomic mass is 10.0. The number of benzene rings is 1. The van der Waals surface area contributed by atoms with Gasteiger partial charge in [-0.15, -0.1) is 0 Å². The predicted octanol–water partition coefficient (Wildman–Crippen LogP) is 3.76. The van der Waals surface area contributed by atoms with Gasteiger partial charge in [-0.2, -0.15) is 13.2 Å². The highest BCUT2D eigenvalue weighted by atomic mass is 32.1. The molecule has 0 saturated heterocycles.